The van der Waals surface area contributed by atoms with Gasteiger partial charge in [0.2, 0.25) is 0 Å². The molecule has 3 aromatic carbocycles. The van der Waals surface area contributed by atoms with Crippen LogP contribution in [0, 0.1) is 13.8 Å². The minimum absolute atomic E-state index is 0.0516. The first-order valence-corrected chi connectivity index (χ1v) is 9.72. The van der Waals surface area contributed by atoms with E-state index in [4.69, 9.17) is 0 Å². The van der Waals surface area contributed by atoms with Gasteiger partial charge in [0.1, 0.15) is 11.5 Å². The largest absolute Gasteiger partial charge is 0.507 e. The van der Waals surface area contributed by atoms with E-state index in [1.807, 2.05) is 13.8 Å². The highest BCUT2D eigenvalue weighted by Gasteiger charge is 2.15. The third-order valence-electron chi connectivity index (χ3n) is 5.02. The minimum Gasteiger partial charge on any atom is -0.507 e. The molecule has 3 aromatic rings. The van der Waals surface area contributed by atoms with Crippen molar-refractivity contribution >= 4 is 11.6 Å². The molecule has 0 saturated carbocycles. The van der Waals surface area contributed by atoms with E-state index < -0.39 is 0 Å². The van der Waals surface area contributed by atoms with Crippen molar-refractivity contribution in [1.29, 1.82) is 0 Å². The number of rotatable bonds is 5. The highest BCUT2D eigenvalue weighted by Crippen LogP contribution is 2.38. The van der Waals surface area contributed by atoms with Crippen molar-refractivity contribution in [1.82, 2.24) is 0 Å². The summed E-state index contributed by atoms with van der Waals surface area (Å²) in [6, 6.07) is 20.4. The summed E-state index contributed by atoms with van der Waals surface area (Å²) in [5.74, 6) is 0.336. The highest BCUT2D eigenvalue weighted by atomic mass is 16.3. The number of benzene rings is 3. The Morgan fingerprint density at radius 2 is 1.32 bits per heavy atom. The fourth-order valence-electron chi connectivity index (χ4n) is 3.43. The van der Waals surface area contributed by atoms with Gasteiger partial charge in [-0.25, -0.2) is 0 Å². The number of aryl methyl sites for hydroxylation is 2. The molecular formula is C26H28O2. The van der Waals surface area contributed by atoms with Crippen molar-refractivity contribution < 1.29 is 10.2 Å². The zero-order valence-corrected chi connectivity index (χ0v) is 17.0. The standard InChI is InChI=1S/C26H28O2/c1-17(2)26-24(27)15-23(16-25(26)28)22(13-20-9-5-18(3)6-10-20)14-21-11-7-19(4)8-12-21/h5-13,15-17,27-28H,14H2,1-4H3. The Labute approximate surface area is 167 Å². The Bertz CT molecular complexity index is 955. The number of phenols is 2. The van der Waals surface area contributed by atoms with Gasteiger partial charge in [-0.15, -0.1) is 0 Å². The van der Waals surface area contributed by atoms with E-state index in [0.29, 0.717) is 12.0 Å². The lowest BCUT2D eigenvalue weighted by atomic mass is 9.92. The number of phenolic OH excluding ortho intramolecular Hbond substituents is 2. The van der Waals surface area contributed by atoms with Crippen molar-refractivity contribution in [2.24, 2.45) is 0 Å². The molecule has 0 bridgehead atoms. The van der Waals surface area contributed by atoms with Crippen LogP contribution < -0.4 is 0 Å². The zero-order valence-electron chi connectivity index (χ0n) is 17.0. The van der Waals surface area contributed by atoms with Crippen LogP contribution in [0.15, 0.2) is 60.7 Å². The fourth-order valence-corrected chi connectivity index (χ4v) is 3.43. The molecule has 0 unspecified atom stereocenters. The molecule has 2 nitrogen and oxygen atoms in total. The molecule has 2 N–H and O–H groups in total. The van der Waals surface area contributed by atoms with E-state index in [1.165, 1.54) is 16.7 Å². The maximum absolute atomic E-state index is 10.5. The molecule has 0 fully saturated rings. The van der Waals surface area contributed by atoms with Gasteiger partial charge in [0, 0.05) is 5.56 Å². The number of hydrogen-bond donors (Lipinski definition) is 2. The van der Waals surface area contributed by atoms with Crippen LogP contribution >= 0.6 is 0 Å². The van der Waals surface area contributed by atoms with E-state index in [-0.39, 0.29) is 17.4 Å². The van der Waals surface area contributed by atoms with Gasteiger partial charge >= 0.3 is 0 Å². The molecular weight excluding hydrogens is 344 g/mol. The fraction of sp³-hybridized carbons (Fsp3) is 0.231. The first kappa shape index (κ1) is 19.8. The maximum atomic E-state index is 10.5. The predicted octanol–water partition coefficient (Wildman–Crippen LogP) is 6.62. The van der Waals surface area contributed by atoms with Gasteiger partial charge in [-0.05, 0) is 60.6 Å². The van der Waals surface area contributed by atoms with Crippen molar-refractivity contribution in [3.63, 3.8) is 0 Å². The van der Waals surface area contributed by atoms with Crippen molar-refractivity contribution in [3.05, 3.63) is 94.0 Å². The molecule has 0 aromatic heterocycles. The van der Waals surface area contributed by atoms with E-state index in [1.54, 1.807) is 12.1 Å². The lowest BCUT2D eigenvalue weighted by molar-refractivity contribution is 0.433. The predicted molar refractivity (Wildman–Crippen MR) is 118 cm³/mol. The van der Waals surface area contributed by atoms with Gasteiger partial charge in [-0.3, -0.25) is 0 Å². The summed E-state index contributed by atoms with van der Waals surface area (Å²) in [7, 11) is 0. The average Bonchev–Trinajstić information content (AvgIpc) is 2.63. The molecule has 0 heterocycles. The van der Waals surface area contributed by atoms with Crippen LogP contribution in [0.3, 0.4) is 0 Å². The van der Waals surface area contributed by atoms with Crippen molar-refractivity contribution in [3.8, 4) is 11.5 Å². The summed E-state index contributed by atoms with van der Waals surface area (Å²) >= 11 is 0. The van der Waals surface area contributed by atoms with Crippen LogP contribution in [0.5, 0.6) is 11.5 Å². The summed E-state index contributed by atoms with van der Waals surface area (Å²) in [4.78, 5) is 0. The molecule has 0 aliphatic rings. The van der Waals surface area contributed by atoms with Gasteiger partial charge in [-0.1, -0.05) is 79.6 Å². The van der Waals surface area contributed by atoms with Gasteiger partial charge in [0.25, 0.3) is 0 Å². The Hall–Kier alpha value is -3.00. The number of hydrogen-bond acceptors (Lipinski definition) is 2. The van der Waals surface area contributed by atoms with Gasteiger partial charge < -0.3 is 10.2 Å². The van der Waals surface area contributed by atoms with Gasteiger partial charge in [-0.2, -0.15) is 0 Å². The maximum Gasteiger partial charge on any atom is 0.123 e. The first-order chi connectivity index (χ1) is 13.3. The van der Waals surface area contributed by atoms with Gasteiger partial charge in [0.05, 0.1) is 0 Å². The second-order valence-electron chi connectivity index (χ2n) is 7.83. The third-order valence-corrected chi connectivity index (χ3v) is 5.02. The summed E-state index contributed by atoms with van der Waals surface area (Å²) in [6.45, 7) is 8.07. The van der Waals surface area contributed by atoms with E-state index in [0.717, 1.165) is 16.7 Å². The average molecular weight is 373 g/mol. The van der Waals surface area contributed by atoms with Crippen LogP contribution in [0.25, 0.3) is 11.6 Å². The second kappa shape index (κ2) is 8.35. The van der Waals surface area contributed by atoms with Crippen LogP contribution in [-0.2, 0) is 6.42 Å². The second-order valence-corrected chi connectivity index (χ2v) is 7.83. The molecule has 28 heavy (non-hydrogen) atoms. The molecule has 2 heteroatoms. The Kier molecular flexibility index (Phi) is 5.89. The van der Waals surface area contributed by atoms with Crippen LogP contribution in [0.2, 0.25) is 0 Å². The Balaban J connectivity index is 2.07. The molecule has 0 aliphatic heterocycles. The molecule has 0 amide bonds. The molecule has 0 spiro atoms. The summed E-state index contributed by atoms with van der Waals surface area (Å²) in [5, 5.41) is 21.0. The molecule has 0 atom stereocenters. The SMILES string of the molecule is Cc1ccc(C=C(Cc2ccc(C)cc2)c2cc(O)c(C(C)C)c(O)c2)cc1. The number of aromatic hydroxyl groups is 2. The topological polar surface area (TPSA) is 40.5 Å². The lowest BCUT2D eigenvalue weighted by Crippen LogP contribution is -1.95. The smallest absolute Gasteiger partial charge is 0.123 e. The Morgan fingerprint density at radius 1 is 0.821 bits per heavy atom. The van der Waals surface area contributed by atoms with Crippen LogP contribution in [-0.4, -0.2) is 10.2 Å². The lowest BCUT2D eigenvalue weighted by Gasteiger charge is -2.15. The van der Waals surface area contributed by atoms with Gasteiger partial charge in [0.15, 0.2) is 0 Å². The van der Waals surface area contributed by atoms with Crippen LogP contribution in [0.1, 0.15) is 53.1 Å². The quantitative estimate of drug-likeness (QED) is 0.494. The molecule has 0 aliphatic carbocycles. The monoisotopic (exact) mass is 372 g/mol. The summed E-state index contributed by atoms with van der Waals surface area (Å²) in [5.41, 5.74) is 7.21. The molecule has 3 rings (SSSR count). The van der Waals surface area contributed by atoms with Crippen molar-refractivity contribution in [2.75, 3.05) is 0 Å². The highest BCUT2D eigenvalue weighted by molar-refractivity contribution is 5.84. The first-order valence-electron chi connectivity index (χ1n) is 9.72. The molecule has 0 radical (unpaired) electrons. The van der Waals surface area contributed by atoms with E-state index in [9.17, 15) is 10.2 Å². The van der Waals surface area contributed by atoms with Crippen molar-refractivity contribution in [2.45, 2.75) is 40.0 Å². The molecule has 144 valence electrons. The Morgan fingerprint density at radius 3 is 1.82 bits per heavy atom. The van der Waals surface area contributed by atoms with E-state index in [2.05, 4.69) is 68.5 Å². The summed E-state index contributed by atoms with van der Waals surface area (Å²) < 4.78 is 0. The normalized spacial score (nSPS) is 11.8. The van der Waals surface area contributed by atoms with Crippen LogP contribution in [0.4, 0.5) is 0 Å². The third kappa shape index (κ3) is 4.64. The summed E-state index contributed by atoms with van der Waals surface area (Å²) in [6.07, 6.45) is 2.84. The zero-order chi connectivity index (χ0) is 20.3. The minimum atomic E-state index is 0.0516. The molecule has 0 saturated heterocycles. The number of allylic oxidation sites excluding steroid dienone is 1. The van der Waals surface area contributed by atoms with E-state index >= 15 is 0 Å².